The molecule has 0 radical (unpaired) electrons. The molecular formula is C21H24N4O6S. The van der Waals surface area contributed by atoms with E-state index in [1.165, 1.54) is 13.1 Å². The summed E-state index contributed by atoms with van der Waals surface area (Å²) in [5, 5.41) is 12.1. The number of sulfonamides is 1. The molecule has 0 saturated heterocycles. The standard InChI is InChI=1S/C21H24N4O6S/c1-22-32(27,28)20-6-3-14(10-23-20)30-16-8-13(7-15(9-16)29-2)18-4-5-19(25-18)21-24-11-17(12-26)31-21/h3-9,17,22-23,25-26H,10-12H2,1-2H3. The number of aromatic amines is 1. The first-order valence-electron chi connectivity index (χ1n) is 9.89. The molecular weight excluding hydrogens is 436 g/mol. The Labute approximate surface area is 185 Å². The minimum Gasteiger partial charge on any atom is -0.497 e. The molecule has 1 aromatic heterocycles. The van der Waals surface area contributed by atoms with Crippen LogP contribution >= 0.6 is 0 Å². The average molecular weight is 461 g/mol. The number of aliphatic hydroxyl groups is 1. The number of dihydropyridines is 1. The highest BCUT2D eigenvalue weighted by Gasteiger charge is 2.22. The summed E-state index contributed by atoms with van der Waals surface area (Å²) < 4.78 is 43.0. The van der Waals surface area contributed by atoms with E-state index in [4.69, 9.17) is 14.2 Å². The summed E-state index contributed by atoms with van der Waals surface area (Å²) in [5.41, 5.74) is 2.34. The highest BCUT2D eigenvalue weighted by molar-refractivity contribution is 7.93. The number of benzene rings is 1. The fourth-order valence-electron chi connectivity index (χ4n) is 3.23. The normalized spacial score (nSPS) is 18.2. The van der Waals surface area contributed by atoms with Gasteiger partial charge in [-0.25, -0.2) is 18.1 Å². The third-order valence-electron chi connectivity index (χ3n) is 4.93. The largest absolute Gasteiger partial charge is 0.497 e. The van der Waals surface area contributed by atoms with Gasteiger partial charge in [0.2, 0.25) is 5.90 Å². The van der Waals surface area contributed by atoms with Crippen molar-refractivity contribution < 1.29 is 27.7 Å². The molecule has 1 atom stereocenters. The molecule has 0 spiro atoms. The van der Waals surface area contributed by atoms with Gasteiger partial charge in [-0.05, 0) is 43.5 Å². The molecule has 1 aromatic carbocycles. The molecule has 1 unspecified atom stereocenters. The van der Waals surface area contributed by atoms with Crippen molar-refractivity contribution in [3.05, 3.63) is 59.0 Å². The number of hydrogen-bond donors (Lipinski definition) is 4. The van der Waals surface area contributed by atoms with E-state index < -0.39 is 10.0 Å². The van der Waals surface area contributed by atoms with Crippen LogP contribution in [0.15, 0.2) is 58.3 Å². The fraction of sp³-hybridized carbons (Fsp3) is 0.286. The number of hydrogen-bond acceptors (Lipinski definition) is 8. The van der Waals surface area contributed by atoms with Gasteiger partial charge >= 0.3 is 0 Å². The lowest BCUT2D eigenvalue weighted by Gasteiger charge is -2.18. The van der Waals surface area contributed by atoms with Crippen molar-refractivity contribution in [3.8, 4) is 22.8 Å². The van der Waals surface area contributed by atoms with E-state index in [0.717, 1.165) is 11.3 Å². The number of H-pyrrole nitrogens is 1. The van der Waals surface area contributed by atoms with Crippen LogP contribution in [0.25, 0.3) is 11.3 Å². The van der Waals surface area contributed by atoms with Gasteiger partial charge < -0.3 is 29.6 Å². The molecule has 3 heterocycles. The van der Waals surface area contributed by atoms with E-state index in [1.807, 2.05) is 24.3 Å². The van der Waals surface area contributed by atoms with Crippen molar-refractivity contribution in [1.29, 1.82) is 0 Å². The molecule has 0 saturated carbocycles. The maximum atomic E-state index is 11.9. The predicted molar refractivity (Wildman–Crippen MR) is 119 cm³/mol. The van der Waals surface area contributed by atoms with Crippen molar-refractivity contribution in [1.82, 2.24) is 15.0 Å². The van der Waals surface area contributed by atoms with E-state index in [-0.39, 0.29) is 24.3 Å². The first kappa shape index (κ1) is 21.9. The number of rotatable bonds is 8. The lowest BCUT2D eigenvalue weighted by atomic mass is 10.1. The molecule has 11 heteroatoms. The van der Waals surface area contributed by atoms with Crippen molar-refractivity contribution in [2.24, 2.45) is 4.99 Å². The Morgan fingerprint density at radius 1 is 1.22 bits per heavy atom. The van der Waals surface area contributed by atoms with Crippen molar-refractivity contribution in [3.63, 3.8) is 0 Å². The van der Waals surface area contributed by atoms with Gasteiger partial charge in [-0.15, -0.1) is 0 Å². The SMILES string of the molecule is CNS(=O)(=O)C1=CC=C(Oc2cc(OC)cc(-c3ccc(C4=NCC(CO)O4)[nH]3)c2)CN1. The van der Waals surface area contributed by atoms with Crippen LogP contribution in [0.1, 0.15) is 5.69 Å². The summed E-state index contributed by atoms with van der Waals surface area (Å²) in [5.74, 6) is 2.15. The maximum Gasteiger partial charge on any atom is 0.255 e. The number of aromatic nitrogens is 1. The van der Waals surface area contributed by atoms with E-state index in [9.17, 15) is 13.5 Å². The van der Waals surface area contributed by atoms with Crippen LogP contribution in [0.2, 0.25) is 0 Å². The number of aliphatic hydroxyl groups excluding tert-OH is 1. The van der Waals surface area contributed by atoms with Crippen LogP contribution in [0.4, 0.5) is 0 Å². The van der Waals surface area contributed by atoms with Gasteiger partial charge in [0.1, 0.15) is 34.1 Å². The van der Waals surface area contributed by atoms with Gasteiger partial charge in [-0.3, -0.25) is 0 Å². The maximum absolute atomic E-state index is 11.9. The van der Waals surface area contributed by atoms with Gasteiger partial charge in [-0.2, -0.15) is 0 Å². The minimum atomic E-state index is -3.54. The zero-order valence-electron chi connectivity index (χ0n) is 17.6. The summed E-state index contributed by atoms with van der Waals surface area (Å²) in [6.07, 6.45) is 2.74. The minimum absolute atomic E-state index is 0.0816. The lowest BCUT2D eigenvalue weighted by molar-refractivity contribution is 0.130. The number of allylic oxidation sites excluding steroid dienone is 2. The van der Waals surface area contributed by atoms with Crippen molar-refractivity contribution >= 4 is 15.9 Å². The zero-order valence-corrected chi connectivity index (χ0v) is 18.4. The molecule has 2 aliphatic heterocycles. The van der Waals surface area contributed by atoms with Crippen LogP contribution in [0.3, 0.4) is 0 Å². The van der Waals surface area contributed by atoms with E-state index in [0.29, 0.717) is 35.4 Å². The number of nitrogens with one attached hydrogen (secondary N) is 3. The molecule has 0 bridgehead atoms. The Hall–Kier alpha value is -3.28. The predicted octanol–water partition coefficient (Wildman–Crippen LogP) is 1.08. The Balaban J connectivity index is 1.56. The highest BCUT2D eigenvalue weighted by atomic mass is 32.2. The topological polar surface area (TPSA) is 134 Å². The molecule has 170 valence electrons. The molecule has 2 aromatic rings. The Morgan fingerprint density at radius 3 is 2.66 bits per heavy atom. The van der Waals surface area contributed by atoms with Crippen LogP contribution in [0, 0.1) is 0 Å². The third-order valence-corrected chi connectivity index (χ3v) is 6.33. The smallest absolute Gasteiger partial charge is 0.255 e. The quantitative estimate of drug-likeness (QED) is 0.463. The first-order valence-corrected chi connectivity index (χ1v) is 11.4. The van der Waals surface area contributed by atoms with Crippen LogP contribution in [-0.2, 0) is 14.8 Å². The fourth-order valence-corrected chi connectivity index (χ4v) is 3.96. The van der Waals surface area contributed by atoms with Gasteiger partial charge in [0.15, 0.2) is 0 Å². The number of nitrogens with zero attached hydrogens (tertiary/aromatic N) is 1. The van der Waals surface area contributed by atoms with Gasteiger partial charge in [-0.1, -0.05) is 0 Å². The summed E-state index contributed by atoms with van der Waals surface area (Å²) in [7, 11) is -0.616. The van der Waals surface area contributed by atoms with E-state index >= 15 is 0 Å². The second-order valence-corrected chi connectivity index (χ2v) is 8.93. The second-order valence-electron chi connectivity index (χ2n) is 7.08. The Kier molecular flexibility index (Phi) is 6.21. The van der Waals surface area contributed by atoms with Crippen molar-refractivity contribution in [2.45, 2.75) is 6.10 Å². The van der Waals surface area contributed by atoms with Gasteiger partial charge in [0, 0.05) is 17.3 Å². The Bertz CT molecular complexity index is 1200. The third kappa shape index (κ3) is 4.64. The molecule has 0 amide bonds. The summed E-state index contributed by atoms with van der Waals surface area (Å²) >= 11 is 0. The summed E-state index contributed by atoms with van der Waals surface area (Å²) in [6.45, 7) is 0.556. The first-order chi connectivity index (χ1) is 15.4. The number of methoxy groups -OCH3 is 1. The van der Waals surface area contributed by atoms with Crippen LogP contribution in [-0.4, -0.2) is 64.4 Å². The molecule has 10 nitrogen and oxygen atoms in total. The van der Waals surface area contributed by atoms with Gasteiger partial charge in [0.05, 0.1) is 26.8 Å². The number of aliphatic imine (C=N–C) groups is 1. The Morgan fingerprint density at radius 2 is 2.00 bits per heavy atom. The van der Waals surface area contributed by atoms with E-state index in [2.05, 4.69) is 20.0 Å². The average Bonchev–Trinajstić information content (AvgIpc) is 3.49. The molecule has 2 aliphatic rings. The van der Waals surface area contributed by atoms with Crippen LogP contribution in [0.5, 0.6) is 11.5 Å². The van der Waals surface area contributed by atoms with Crippen molar-refractivity contribution in [2.75, 3.05) is 33.9 Å². The van der Waals surface area contributed by atoms with Gasteiger partial charge in [0.25, 0.3) is 10.0 Å². The van der Waals surface area contributed by atoms with E-state index in [1.54, 1.807) is 19.3 Å². The second kappa shape index (κ2) is 9.07. The molecule has 0 aliphatic carbocycles. The zero-order chi connectivity index (χ0) is 22.7. The molecule has 4 rings (SSSR count). The summed E-state index contributed by atoms with van der Waals surface area (Å²) in [6, 6.07) is 9.20. The van der Waals surface area contributed by atoms with Crippen LogP contribution < -0.4 is 19.5 Å². The summed E-state index contributed by atoms with van der Waals surface area (Å²) in [4.78, 5) is 7.58. The number of ether oxygens (including phenoxy) is 3. The molecule has 0 fully saturated rings. The monoisotopic (exact) mass is 460 g/mol. The highest BCUT2D eigenvalue weighted by Crippen LogP contribution is 2.31. The molecule has 32 heavy (non-hydrogen) atoms. The lowest BCUT2D eigenvalue weighted by Crippen LogP contribution is -2.32. The molecule has 4 N–H and O–H groups in total.